The zero-order valence-electron chi connectivity index (χ0n) is 13.0. The Morgan fingerprint density at radius 2 is 1.88 bits per heavy atom. The van der Waals surface area contributed by atoms with Crippen LogP contribution in [0.1, 0.15) is 23.4 Å². The fourth-order valence-electron chi connectivity index (χ4n) is 2.39. The topological polar surface area (TPSA) is 55.1 Å². The number of benzene rings is 1. The number of pyridine rings is 1. The molecule has 0 aliphatic heterocycles. The lowest BCUT2D eigenvalue weighted by Gasteiger charge is -2.08. The van der Waals surface area contributed by atoms with E-state index in [1.807, 2.05) is 65.4 Å². The van der Waals surface area contributed by atoms with E-state index >= 15 is 0 Å². The summed E-state index contributed by atoms with van der Waals surface area (Å²) in [7, 11) is 0. The van der Waals surface area contributed by atoms with Crippen molar-refractivity contribution < 1.29 is 9.90 Å². The third kappa shape index (κ3) is 3.90. The number of nitrogens with zero attached hydrogens (tertiary/aromatic N) is 2. The Bertz CT molecular complexity index is 885. The van der Waals surface area contributed by atoms with Crippen molar-refractivity contribution in [2.45, 2.75) is 12.8 Å². The number of carboxylic acids is 1. The van der Waals surface area contributed by atoms with Gasteiger partial charge in [0, 0.05) is 29.3 Å². The molecule has 0 unspecified atom stereocenters. The number of hydrogen-bond acceptors (Lipinski definition) is 2. The summed E-state index contributed by atoms with van der Waals surface area (Å²) in [6, 6.07) is 17.4. The monoisotopic (exact) mass is 316 g/mol. The van der Waals surface area contributed by atoms with E-state index in [0.717, 1.165) is 22.6 Å². The summed E-state index contributed by atoms with van der Waals surface area (Å²) in [5, 5.41) is 8.83. The molecule has 0 aliphatic carbocycles. The van der Waals surface area contributed by atoms with Crippen molar-refractivity contribution in [1.82, 2.24) is 9.55 Å². The lowest BCUT2D eigenvalue weighted by atomic mass is 10.2. The molecule has 4 nitrogen and oxygen atoms in total. The van der Waals surface area contributed by atoms with Gasteiger partial charge in [-0.3, -0.25) is 4.79 Å². The Balaban J connectivity index is 1.77. The molecule has 2 heterocycles. The Morgan fingerprint density at radius 1 is 1.04 bits per heavy atom. The molecule has 0 atom stereocenters. The zero-order valence-corrected chi connectivity index (χ0v) is 13.0. The molecule has 2 aromatic heterocycles. The molecule has 24 heavy (non-hydrogen) atoms. The number of aryl methyl sites for hydroxylation is 1. The number of carbonyl (C=O) groups is 1. The van der Waals surface area contributed by atoms with Crippen LogP contribution in [0.15, 0.2) is 67.0 Å². The van der Waals surface area contributed by atoms with Crippen molar-refractivity contribution in [2.75, 3.05) is 0 Å². The molecule has 0 saturated carbocycles. The number of rotatable bonds is 4. The van der Waals surface area contributed by atoms with Crippen LogP contribution in [0.25, 0.3) is 5.69 Å². The highest BCUT2D eigenvalue weighted by molar-refractivity contribution is 5.67. The second-order valence-corrected chi connectivity index (χ2v) is 5.28. The van der Waals surface area contributed by atoms with E-state index in [2.05, 4.69) is 16.8 Å². The van der Waals surface area contributed by atoms with E-state index in [9.17, 15) is 4.79 Å². The van der Waals surface area contributed by atoms with Crippen LogP contribution in [-0.4, -0.2) is 20.6 Å². The summed E-state index contributed by atoms with van der Waals surface area (Å²) in [6.45, 7) is 0. The first-order chi connectivity index (χ1) is 11.7. The molecule has 3 rings (SSSR count). The Hall–Kier alpha value is -3.32. The minimum absolute atomic E-state index is 0.123. The van der Waals surface area contributed by atoms with Gasteiger partial charge < -0.3 is 9.67 Å². The van der Waals surface area contributed by atoms with E-state index in [1.165, 1.54) is 0 Å². The SMILES string of the molecule is O=C(O)CCc1cccn1-c1ccc(C#Cc2ccccn2)cc1. The smallest absolute Gasteiger partial charge is 0.303 e. The van der Waals surface area contributed by atoms with Gasteiger partial charge in [-0.1, -0.05) is 12.0 Å². The predicted molar refractivity (Wildman–Crippen MR) is 91.9 cm³/mol. The molecule has 1 aromatic carbocycles. The highest BCUT2D eigenvalue weighted by Crippen LogP contribution is 2.15. The molecule has 3 aromatic rings. The van der Waals surface area contributed by atoms with Gasteiger partial charge in [-0.25, -0.2) is 4.98 Å². The van der Waals surface area contributed by atoms with Crippen LogP contribution in [0.5, 0.6) is 0 Å². The normalized spacial score (nSPS) is 10.0. The molecule has 118 valence electrons. The Labute approximate surface area is 140 Å². The Kier molecular flexibility index (Phi) is 4.73. The van der Waals surface area contributed by atoms with Gasteiger partial charge in [0.15, 0.2) is 0 Å². The van der Waals surface area contributed by atoms with Gasteiger partial charge in [0.1, 0.15) is 5.69 Å². The molecule has 0 saturated heterocycles. The highest BCUT2D eigenvalue weighted by Gasteiger charge is 2.05. The quantitative estimate of drug-likeness (QED) is 0.752. The van der Waals surface area contributed by atoms with Crippen molar-refractivity contribution in [2.24, 2.45) is 0 Å². The molecule has 0 bridgehead atoms. The molecule has 0 fully saturated rings. The molecular weight excluding hydrogens is 300 g/mol. The third-order valence-electron chi connectivity index (χ3n) is 3.57. The summed E-state index contributed by atoms with van der Waals surface area (Å²) < 4.78 is 2.00. The molecule has 1 N–H and O–H groups in total. The van der Waals surface area contributed by atoms with E-state index in [0.29, 0.717) is 6.42 Å². The van der Waals surface area contributed by atoms with E-state index in [4.69, 9.17) is 5.11 Å². The van der Waals surface area contributed by atoms with E-state index in [-0.39, 0.29) is 6.42 Å². The molecule has 0 amide bonds. The molecule has 4 heteroatoms. The lowest BCUT2D eigenvalue weighted by Crippen LogP contribution is -2.03. The van der Waals surface area contributed by atoms with Crippen LogP contribution in [0, 0.1) is 11.8 Å². The van der Waals surface area contributed by atoms with Gasteiger partial charge in [-0.15, -0.1) is 0 Å². The lowest BCUT2D eigenvalue weighted by molar-refractivity contribution is -0.136. The minimum Gasteiger partial charge on any atom is -0.481 e. The summed E-state index contributed by atoms with van der Waals surface area (Å²) in [5.41, 5.74) is 3.61. The van der Waals surface area contributed by atoms with Crippen LogP contribution >= 0.6 is 0 Å². The average molecular weight is 316 g/mol. The maximum atomic E-state index is 10.7. The zero-order chi connectivity index (χ0) is 16.8. The number of hydrogen-bond donors (Lipinski definition) is 1. The maximum Gasteiger partial charge on any atom is 0.303 e. The summed E-state index contributed by atoms with van der Waals surface area (Å²) in [6.07, 6.45) is 4.28. The summed E-state index contributed by atoms with van der Waals surface area (Å²) in [5.74, 6) is 5.33. The van der Waals surface area contributed by atoms with Crippen LogP contribution in [0.4, 0.5) is 0 Å². The van der Waals surface area contributed by atoms with Gasteiger partial charge >= 0.3 is 5.97 Å². The highest BCUT2D eigenvalue weighted by atomic mass is 16.4. The van der Waals surface area contributed by atoms with Crippen molar-refractivity contribution in [3.8, 4) is 17.5 Å². The van der Waals surface area contributed by atoms with Crippen LogP contribution < -0.4 is 0 Å². The van der Waals surface area contributed by atoms with Gasteiger partial charge in [0.25, 0.3) is 0 Å². The summed E-state index contributed by atoms with van der Waals surface area (Å²) >= 11 is 0. The minimum atomic E-state index is -0.789. The molecule has 0 aliphatic rings. The first-order valence-corrected chi connectivity index (χ1v) is 7.64. The van der Waals surface area contributed by atoms with Crippen molar-refractivity contribution in [1.29, 1.82) is 0 Å². The molecular formula is C20H16N2O2. The number of carboxylic acid groups (broad SMARTS) is 1. The van der Waals surface area contributed by atoms with Crippen molar-refractivity contribution in [3.05, 3.63) is 83.9 Å². The Morgan fingerprint density at radius 3 is 2.58 bits per heavy atom. The predicted octanol–water partition coefficient (Wildman–Crippen LogP) is 3.29. The van der Waals surface area contributed by atoms with Crippen LogP contribution in [0.3, 0.4) is 0 Å². The maximum absolute atomic E-state index is 10.7. The van der Waals surface area contributed by atoms with Gasteiger partial charge in [0.05, 0.1) is 6.42 Å². The summed E-state index contributed by atoms with van der Waals surface area (Å²) in [4.78, 5) is 14.9. The number of aliphatic carboxylic acids is 1. The average Bonchev–Trinajstić information content (AvgIpc) is 3.08. The molecule has 0 spiro atoms. The first kappa shape index (κ1) is 15.6. The van der Waals surface area contributed by atoms with E-state index < -0.39 is 5.97 Å². The standard InChI is InChI=1S/C20H16N2O2/c23-20(24)13-12-18-5-3-15-22(18)19-10-7-16(8-11-19)6-9-17-4-1-2-14-21-17/h1-5,7-8,10-11,14-15H,12-13H2,(H,23,24). The van der Waals surface area contributed by atoms with Gasteiger partial charge in [-0.05, 0) is 60.9 Å². The first-order valence-electron chi connectivity index (χ1n) is 7.64. The number of aromatic nitrogens is 2. The van der Waals surface area contributed by atoms with Crippen molar-refractivity contribution >= 4 is 5.97 Å². The fourth-order valence-corrected chi connectivity index (χ4v) is 2.39. The molecule has 0 radical (unpaired) electrons. The fraction of sp³-hybridized carbons (Fsp3) is 0.100. The van der Waals surface area contributed by atoms with Gasteiger partial charge in [0.2, 0.25) is 0 Å². The van der Waals surface area contributed by atoms with Gasteiger partial charge in [-0.2, -0.15) is 0 Å². The van der Waals surface area contributed by atoms with Crippen LogP contribution in [0.2, 0.25) is 0 Å². The van der Waals surface area contributed by atoms with Crippen molar-refractivity contribution in [3.63, 3.8) is 0 Å². The van der Waals surface area contributed by atoms with E-state index in [1.54, 1.807) is 6.20 Å². The third-order valence-corrected chi connectivity index (χ3v) is 3.57. The largest absolute Gasteiger partial charge is 0.481 e. The van der Waals surface area contributed by atoms with Crippen LogP contribution in [-0.2, 0) is 11.2 Å². The second-order valence-electron chi connectivity index (χ2n) is 5.28. The second kappa shape index (κ2) is 7.30.